The van der Waals surface area contributed by atoms with Crippen LogP contribution in [0.15, 0.2) is 59.7 Å². The number of rotatable bonds is 6. The average Bonchev–Trinajstić information content (AvgIpc) is 3.03. The number of halogens is 1. The third-order valence-corrected chi connectivity index (χ3v) is 3.83. The lowest BCUT2D eigenvalue weighted by Gasteiger charge is -2.16. The lowest BCUT2D eigenvalue weighted by Crippen LogP contribution is -2.30. The van der Waals surface area contributed by atoms with Crippen LogP contribution in [-0.4, -0.2) is 31.7 Å². The molecule has 0 aliphatic carbocycles. The minimum absolute atomic E-state index is 0.0316. The maximum Gasteiger partial charge on any atom is 0.305 e. The molecule has 0 saturated carbocycles. The lowest BCUT2D eigenvalue weighted by atomic mass is 10.1. The molecule has 0 aliphatic heterocycles. The smallest absolute Gasteiger partial charge is 0.305 e. The van der Waals surface area contributed by atoms with E-state index in [0.717, 1.165) is 10.7 Å². The number of carboxylic acids is 1. The Kier molecular flexibility index (Phi) is 5.11. The summed E-state index contributed by atoms with van der Waals surface area (Å²) in [5.41, 5.74) is -0.274. The van der Waals surface area contributed by atoms with Crippen molar-refractivity contribution >= 4 is 11.9 Å². The summed E-state index contributed by atoms with van der Waals surface area (Å²) in [6.07, 6.45) is 2.60. The van der Waals surface area contributed by atoms with E-state index in [1.165, 1.54) is 30.6 Å². The first-order valence-corrected chi connectivity index (χ1v) is 7.95. The molecule has 2 heterocycles. The number of nitrogens with zero attached hydrogens (tertiary/aromatic N) is 2. The highest BCUT2D eigenvalue weighted by atomic mass is 19.1. The van der Waals surface area contributed by atoms with Gasteiger partial charge in [0.05, 0.1) is 12.5 Å². The second kappa shape index (κ2) is 7.65. The van der Waals surface area contributed by atoms with Crippen LogP contribution in [0.2, 0.25) is 0 Å². The lowest BCUT2D eigenvalue weighted by molar-refractivity contribution is -0.137. The van der Waals surface area contributed by atoms with Crippen LogP contribution in [0.5, 0.6) is 0 Å². The zero-order valence-corrected chi connectivity index (χ0v) is 13.9. The Morgan fingerprint density at radius 2 is 2.04 bits per heavy atom. The molecule has 0 fully saturated rings. The number of para-hydroxylation sites is 1. The summed E-state index contributed by atoms with van der Waals surface area (Å²) in [7, 11) is 0. The van der Waals surface area contributed by atoms with Gasteiger partial charge >= 0.3 is 5.97 Å². The molecule has 0 aliphatic rings. The molecule has 0 saturated heterocycles. The SMILES string of the molecule is O=C(O)C[C@H](NC(=O)c1cc(=O)n(-c2ccccc2F)[nH]1)c1cccnc1. The third kappa shape index (κ3) is 4.09. The van der Waals surface area contributed by atoms with E-state index in [1.807, 2.05) is 0 Å². The van der Waals surface area contributed by atoms with Gasteiger partial charge in [-0.15, -0.1) is 0 Å². The van der Waals surface area contributed by atoms with Crippen LogP contribution in [0, 0.1) is 5.82 Å². The zero-order valence-electron chi connectivity index (χ0n) is 13.9. The van der Waals surface area contributed by atoms with Gasteiger partial charge in [-0.1, -0.05) is 18.2 Å². The molecule has 27 heavy (non-hydrogen) atoms. The predicted molar refractivity (Wildman–Crippen MR) is 93.0 cm³/mol. The number of aliphatic carboxylic acids is 1. The van der Waals surface area contributed by atoms with Gasteiger partial charge in [-0.2, -0.15) is 0 Å². The number of aromatic nitrogens is 3. The molecule has 1 atom stereocenters. The van der Waals surface area contributed by atoms with Crippen molar-refractivity contribution < 1.29 is 19.1 Å². The number of hydrogen-bond donors (Lipinski definition) is 3. The fourth-order valence-corrected chi connectivity index (χ4v) is 2.57. The summed E-state index contributed by atoms with van der Waals surface area (Å²) in [5.74, 6) is -2.44. The van der Waals surface area contributed by atoms with Gasteiger partial charge in [0.25, 0.3) is 11.5 Å². The Morgan fingerprint density at radius 1 is 1.26 bits per heavy atom. The van der Waals surface area contributed by atoms with Crippen LogP contribution < -0.4 is 10.9 Å². The Morgan fingerprint density at radius 3 is 2.70 bits per heavy atom. The van der Waals surface area contributed by atoms with Crippen molar-refractivity contribution in [1.82, 2.24) is 20.1 Å². The molecule has 3 rings (SSSR count). The van der Waals surface area contributed by atoms with Gasteiger partial charge in [0.15, 0.2) is 0 Å². The predicted octanol–water partition coefficient (Wildman–Crippen LogP) is 1.65. The van der Waals surface area contributed by atoms with E-state index in [2.05, 4.69) is 15.4 Å². The number of hydrogen-bond acceptors (Lipinski definition) is 4. The van der Waals surface area contributed by atoms with E-state index >= 15 is 0 Å². The van der Waals surface area contributed by atoms with Crippen molar-refractivity contribution in [1.29, 1.82) is 0 Å². The number of nitrogens with one attached hydrogen (secondary N) is 2. The summed E-state index contributed by atoms with van der Waals surface area (Å²) in [4.78, 5) is 39.6. The molecule has 2 aromatic heterocycles. The molecule has 0 spiro atoms. The molecule has 0 unspecified atom stereocenters. The number of benzene rings is 1. The molecule has 1 aromatic carbocycles. The van der Waals surface area contributed by atoms with E-state index in [4.69, 9.17) is 5.11 Å². The minimum atomic E-state index is -1.11. The van der Waals surface area contributed by atoms with Gasteiger partial charge in [-0.25, -0.2) is 9.07 Å². The van der Waals surface area contributed by atoms with Gasteiger partial charge < -0.3 is 10.4 Å². The number of carbonyl (C=O) groups is 2. The summed E-state index contributed by atoms with van der Waals surface area (Å²) >= 11 is 0. The fourth-order valence-electron chi connectivity index (χ4n) is 2.57. The standard InChI is InChI=1S/C18H15FN4O4/c19-12-5-1-2-6-15(12)23-16(24)8-14(22-23)18(27)21-13(9-17(25)26)11-4-3-7-20-10-11/h1-8,10,13,22H,9H2,(H,21,27)(H,25,26)/t13-/m0/s1. The zero-order chi connectivity index (χ0) is 19.4. The van der Waals surface area contributed by atoms with Crippen molar-refractivity contribution in [3.63, 3.8) is 0 Å². The van der Waals surface area contributed by atoms with Gasteiger partial charge in [-0.05, 0) is 23.8 Å². The highest BCUT2D eigenvalue weighted by molar-refractivity contribution is 5.92. The van der Waals surface area contributed by atoms with Crippen LogP contribution >= 0.6 is 0 Å². The Bertz CT molecular complexity index is 1030. The van der Waals surface area contributed by atoms with Gasteiger partial charge in [0.1, 0.15) is 17.2 Å². The number of amides is 1. The quantitative estimate of drug-likeness (QED) is 0.610. The van der Waals surface area contributed by atoms with Crippen molar-refractivity contribution in [3.05, 3.63) is 82.3 Å². The van der Waals surface area contributed by atoms with Crippen molar-refractivity contribution in [3.8, 4) is 5.69 Å². The summed E-state index contributed by atoms with van der Waals surface area (Å²) in [5, 5.41) is 14.2. The van der Waals surface area contributed by atoms with E-state index in [1.54, 1.807) is 18.2 Å². The van der Waals surface area contributed by atoms with Gasteiger partial charge in [0, 0.05) is 18.5 Å². The van der Waals surface area contributed by atoms with Crippen LogP contribution in [0.25, 0.3) is 5.69 Å². The highest BCUT2D eigenvalue weighted by Crippen LogP contribution is 2.16. The average molecular weight is 370 g/mol. The molecule has 0 bridgehead atoms. The monoisotopic (exact) mass is 370 g/mol. The number of aromatic amines is 1. The molecule has 8 nitrogen and oxygen atoms in total. The second-order valence-electron chi connectivity index (χ2n) is 5.71. The van der Waals surface area contributed by atoms with E-state index in [-0.39, 0.29) is 17.8 Å². The van der Waals surface area contributed by atoms with Gasteiger partial charge in [-0.3, -0.25) is 24.5 Å². The topological polar surface area (TPSA) is 117 Å². The molecule has 9 heteroatoms. The maximum atomic E-state index is 13.9. The number of carboxylic acid groups (broad SMARTS) is 1. The maximum absolute atomic E-state index is 13.9. The second-order valence-corrected chi connectivity index (χ2v) is 5.71. The molecule has 138 valence electrons. The van der Waals surface area contributed by atoms with Crippen LogP contribution in [0.4, 0.5) is 4.39 Å². The van der Waals surface area contributed by atoms with Gasteiger partial charge in [0.2, 0.25) is 0 Å². The van der Waals surface area contributed by atoms with E-state index in [0.29, 0.717) is 5.56 Å². The molecule has 1 amide bonds. The Hall–Kier alpha value is -3.75. The summed E-state index contributed by atoms with van der Waals surface area (Å²) in [6.45, 7) is 0. The first kappa shape index (κ1) is 18.1. The Balaban J connectivity index is 1.87. The van der Waals surface area contributed by atoms with E-state index < -0.39 is 29.3 Å². The van der Waals surface area contributed by atoms with E-state index in [9.17, 15) is 18.8 Å². The number of pyridine rings is 1. The largest absolute Gasteiger partial charge is 0.481 e. The van der Waals surface area contributed by atoms with Crippen LogP contribution in [-0.2, 0) is 4.79 Å². The van der Waals surface area contributed by atoms with Crippen molar-refractivity contribution in [2.75, 3.05) is 0 Å². The fraction of sp³-hybridized carbons (Fsp3) is 0.111. The number of carbonyl (C=O) groups excluding carboxylic acids is 1. The summed E-state index contributed by atoms with van der Waals surface area (Å²) in [6, 6.07) is 9.03. The highest BCUT2D eigenvalue weighted by Gasteiger charge is 2.21. The van der Waals surface area contributed by atoms with Crippen molar-refractivity contribution in [2.24, 2.45) is 0 Å². The third-order valence-electron chi connectivity index (χ3n) is 3.83. The molecular weight excluding hydrogens is 355 g/mol. The number of H-pyrrole nitrogens is 1. The molecule has 0 radical (unpaired) electrons. The van der Waals surface area contributed by atoms with Crippen molar-refractivity contribution in [2.45, 2.75) is 12.5 Å². The van der Waals surface area contributed by atoms with Crippen LogP contribution in [0.3, 0.4) is 0 Å². The normalized spacial score (nSPS) is 11.7. The first-order valence-electron chi connectivity index (χ1n) is 7.95. The molecule has 3 N–H and O–H groups in total. The summed E-state index contributed by atoms with van der Waals surface area (Å²) < 4.78 is 14.8. The first-order chi connectivity index (χ1) is 13.0. The molecular formula is C18H15FN4O4. The molecule has 3 aromatic rings. The van der Waals surface area contributed by atoms with Crippen LogP contribution in [0.1, 0.15) is 28.5 Å². The minimum Gasteiger partial charge on any atom is -0.481 e. The Labute approximate surface area is 152 Å².